The molecule has 1 fully saturated rings. The molecule has 1 aliphatic rings. The normalized spacial score (nSPS) is 15.2. The molecule has 1 aliphatic heterocycles. The Morgan fingerprint density at radius 1 is 0.962 bits per heavy atom. The molecule has 26 heavy (non-hydrogen) atoms. The average Bonchev–Trinajstić information content (AvgIpc) is 2.68. The smallest absolute Gasteiger partial charge is 0.338 e. The molecule has 0 amide bonds. The van der Waals surface area contributed by atoms with Crippen LogP contribution in [-0.4, -0.2) is 25.7 Å². The molecular weight excluding hydrogens is 322 g/mol. The van der Waals surface area contributed by atoms with E-state index in [1.807, 2.05) is 19.1 Å². The van der Waals surface area contributed by atoms with Gasteiger partial charge in [-0.1, -0.05) is 58.3 Å². The number of nitrogens with zero attached hydrogens (tertiary/aromatic N) is 1. The van der Waals surface area contributed by atoms with Gasteiger partial charge in [-0.3, -0.25) is 0 Å². The van der Waals surface area contributed by atoms with E-state index in [1.54, 1.807) is 0 Å². The lowest BCUT2D eigenvalue weighted by Crippen LogP contribution is -2.33. The third-order valence-corrected chi connectivity index (χ3v) is 5.57. The summed E-state index contributed by atoms with van der Waals surface area (Å²) in [4.78, 5) is 14.2. The van der Waals surface area contributed by atoms with E-state index >= 15 is 0 Å². The van der Waals surface area contributed by atoms with Gasteiger partial charge in [-0.25, -0.2) is 4.79 Å². The number of rotatable bonds is 11. The largest absolute Gasteiger partial charge is 0.462 e. The number of piperidine rings is 1. The molecule has 3 nitrogen and oxygen atoms in total. The van der Waals surface area contributed by atoms with Crippen LogP contribution in [0, 0.1) is 5.92 Å². The number of esters is 1. The number of ether oxygens (including phenoxy) is 1. The zero-order chi connectivity index (χ0) is 18.6. The highest BCUT2D eigenvalue weighted by atomic mass is 16.5. The molecule has 3 heteroatoms. The third-order valence-electron chi connectivity index (χ3n) is 5.57. The van der Waals surface area contributed by atoms with Crippen molar-refractivity contribution in [2.24, 2.45) is 5.92 Å². The summed E-state index contributed by atoms with van der Waals surface area (Å²) in [6, 6.07) is 7.89. The SMILES string of the molecule is CCCCCCCCCC1CCN(c2ccc(C(=O)OCC)cc2)CC1. The van der Waals surface area contributed by atoms with E-state index in [0.29, 0.717) is 12.2 Å². The van der Waals surface area contributed by atoms with Gasteiger partial charge in [0, 0.05) is 18.8 Å². The molecule has 0 aliphatic carbocycles. The quantitative estimate of drug-likeness (QED) is 0.347. The van der Waals surface area contributed by atoms with Crippen LogP contribution in [0.5, 0.6) is 0 Å². The van der Waals surface area contributed by atoms with Gasteiger partial charge < -0.3 is 9.64 Å². The van der Waals surface area contributed by atoms with Crippen molar-refractivity contribution in [1.29, 1.82) is 0 Å². The predicted molar refractivity (Wildman–Crippen MR) is 110 cm³/mol. The molecule has 1 heterocycles. The van der Waals surface area contributed by atoms with Crippen LogP contribution in [0.1, 0.15) is 88.4 Å². The van der Waals surface area contributed by atoms with Crippen molar-refractivity contribution >= 4 is 11.7 Å². The minimum Gasteiger partial charge on any atom is -0.462 e. The topological polar surface area (TPSA) is 29.5 Å². The van der Waals surface area contributed by atoms with Gasteiger partial charge in [0.25, 0.3) is 0 Å². The summed E-state index contributed by atoms with van der Waals surface area (Å²) in [5.41, 5.74) is 1.87. The second-order valence-corrected chi connectivity index (χ2v) is 7.61. The van der Waals surface area contributed by atoms with Crippen LogP contribution in [0.25, 0.3) is 0 Å². The first-order chi connectivity index (χ1) is 12.7. The van der Waals surface area contributed by atoms with Crippen LogP contribution in [0.3, 0.4) is 0 Å². The number of anilines is 1. The summed E-state index contributed by atoms with van der Waals surface area (Å²) in [5, 5.41) is 0. The van der Waals surface area contributed by atoms with E-state index in [0.717, 1.165) is 19.0 Å². The van der Waals surface area contributed by atoms with Crippen LogP contribution in [0.4, 0.5) is 5.69 Å². The van der Waals surface area contributed by atoms with Crippen molar-refractivity contribution in [1.82, 2.24) is 0 Å². The summed E-state index contributed by atoms with van der Waals surface area (Å²) >= 11 is 0. The van der Waals surface area contributed by atoms with Gasteiger partial charge in [0.1, 0.15) is 0 Å². The minimum absolute atomic E-state index is 0.229. The molecule has 0 aromatic heterocycles. The van der Waals surface area contributed by atoms with Crippen LogP contribution >= 0.6 is 0 Å². The first-order valence-corrected chi connectivity index (χ1v) is 10.8. The first kappa shape index (κ1) is 20.8. The van der Waals surface area contributed by atoms with Gasteiger partial charge in [-0.15, -0.1) is 0 Å². The zero-order valence-corrected chi connectivity index (χ0v) is 16.8. The molecule has 0 radical (unpaired) electrons. The summed E-state index contributed by atoms with van der Waals surface area (Å²) in [6.45, 7) is 6.82. The van der Waals surface area contributed by atoms with E-state index in [1.165, 1.54) is 69.9 Å². The zero-order valence-electron chi connectivity index (χ0n) is 16.8. The number of benzene rings is 1. The third kappa shape index (κ3) is 7.01. The molecule has 0 spiro atoms. The Morgan fingerprint density at radius 3 is 2.19 bits per heavy atom. The Bertz CT molecular complexity index is 503. The summed E-state index contributed by atoms with van der Waals surface area (Å²) < 4.78 is 5.05. The lowest BCUT2D eigenvalue weighted by molar-refractivity contribution is 0.0526. The predicted octanol–water partition coefficient (Wildman–Crippen LogP) is 6.22. The van der Waals surface area contributed by atoms with E-state index in [-0.39, 0.29) is 5.97 Å². The molecule has 0 bridgehead atoms. The molecule has 0 unspecified atom stereocenters. The number of hydrogen-bond acceptors (Lipinski definition) is 3. The Morgan fingerprint density at radius 2 is 1.58 bits per heavy atom. The summed E-state index contributed by atoms with van der Waals surface area (Å²) in [5.74, 6) is 0.674. The molecule has 0 atom stereocenters. The van der Waals surface area contributed by atoms with Crippen molar-refractivity contribution in [3.63, 3.8) is 0 Å². The minimum atomic E-state index is -0.229. The highest BCUT2D eigenvalue weighted by Crippen LogP contribution is 2.27. The maximum Gasteiger partial charge on any atom is 0.338 e. The van der Waals surface area contributed by atoms with Crippen LogP contribution in [0.2, 0.25) is 0 Å². The maximum absolute atomic E-state index is 11.7. The maximum atomic E-state index is 11.7. The summed E-state index contributed by atoms with van der Waals surface area (Å²) in [7, 11) is 0. The van der Waals surface area contributed by atoms with Gasteiger partial charge in [0.05, 0.1) is 12.2 Å². The van der Waals surface area contributed by atoms with Gasteiger partial charge in [-0.05, 0) is 49.9 Å². The van der Waals surface area contributed by atoms with Crippen LogP contribution < -0.4 is 4.90 Å². The number of hydrogen-bond donors (Lipinski definition) is 0. The first-order valence-electron chi connectivity index (χ1n) is 10.8. The molecule has 1 aromatic carbocycles. The van der Waals surface area contributed by atoms with E-state index in [9.17, 15) is 4.79 Å². The molecule has 1 saturated heterocycles. The van der Waals surface area contributed by atoms with E-state index in [4.69, 9.17) is 4.74 Å². The number of carbonyl (C=O) groups excluding carboxylic acids is 1. The van der Waals surface area contributed by atoms with Gasteiger partial charge in [-0.2, -0.15) is 0 Å². The molecule has 0 saturated carbocycles. The number of carbonyl (C=O) groups is 1. The van der Waals surface area contributed by atoms with Crippen molar-refractivity contribution in [3.8, 4) is 0 Å². The van der Waals surface area contributed by atoms with Crippen molar-refractivity contribution in [3.05, 3.63) is 29.8 Å². The lowest BCUT2D eigenvalue weighted by atomic mass is 9.90. The van der Waals surface area contributed by atoms with E-state index < -0.39 is 0 Å². The molecular formula is C23H37NO2. The van der Waals surface area contributed by atoms with E-state index in [2.05, 4.69) is 24.0 Å². The van der Waals surface area contributed by atoms with Crippen LogP contribution in [-0.2, 0) is 4.74 Å². The monoisotopic (exact) mass is 359 g/mol. The lowest BCUT2D eigenvalue weighted by Gasteiger charge is -2.33. The second kappa shape index (κ2) is 12.0. The molecule has 2 rings (SSSR count). The Balaban J connectivity index is 1.64. The highest BCUT2D eigenvalue weighted by Gasteiger charge is 2.19. The average molecular weight is 360 g/mol. The van der Waals surface area contributed by atoms with Crippen molar-refractivity contribution in [2.75, 3.05) is 24.6 Å². The number of unbranched alkanes of at least 4 members (excludes halogenated alkanes) is 6. The Labute approximate surface area is 160 Å². The van der Waals surface area contributed by atoms with Gasteiger partial charge >= 0.3 is 5.97 Å². The van der Waals surface area contributed by atoms with Crippen molar-refractivity contribution < 1.29 is 9.53 Å². The highest BCUT2D eigenvalue weighted by molar-refractivity contribution is 5.89. The molecule has 146 valence electrons. The summed E-state index contributed by atoms with van der Waals surface area (Å²) in [6.07, 6.45) is 13.8. The molecule has 1 aromatic rings. The van der Waals surface area contributed by atoms with Crippen molar-refractivity contribution in [2.45, 2.75) is 78.1 Å². The second-order valence-electron chi connectivity index (χ2n) is 7.61. The fourth-order valence-corrected chi connectivity index (χ4v) is 3.89. The fraction of sp³-hybridized carbons (Fsp3) is 0.696. The standard InChI is InChI=1S/C23H37NO2/c1-3-5-6-7-8-9-10-11-20-16-18-24(19-17-20)22-14-12-21(13-15-22)23(25)26-4-2/h12-15,20H,3-11,16-19H2,1-2H3. The van der Waals surface area contributed by atoms with Crippen LogP contribution in [0.15, 0.2) is 24.3 Å². The Hall–Kier alpha value is -1.51. The van der Waals surface area contributed by atoms with Gasteiger partial charge in [0.2, 0.25) is 0 Å². The fourth-order valence-electron chi connectivity index (χ4n) is 3.89. The Kier molecular flexibility index (Phi) is 9.58. The van der Waals surface area contributed by atoms with Gasteiger partial charge in [0.15, 0.2) is 0 Å². The molecule has 0 N–H and O–H groups in total.